The summed E-state index contributed by atoms with van der Waals surface area (Å²) in [7, 11) is 0. The van der Waals surface area contributed by atoms with Crippen molar-refractivity contribution in [2.45, 2.75) is 18.9 Å². The van der Waals surface area contributed by atoms with Crippen molar-refractivity contribution in [1.29, 1.82) is 0 Å². The van der Waals surface area contributed by atoms with Crippen LogP contribution in [0.3, 0.4) is 0 Å². The maximum Gasteiger partial charge on any atom is 0.258 e. The predicted molar refractivity (Wildman–Crippen MR) is 68.5 cm³/mol. The van der Waals surface area contributed by atoms with Crippen LogP contribution in [-0.4, -0.2) is 24.8 Å². The summed E-state index contributed by atoms with van der Waals surface area (Å²) in [5.74, 6) is -0.0395. The zero-order valence-electron chi connectivity index (χ0n) is 9.41. The Hall–Kier alpha value is -1.26. The van der Waals surface area contributed by atoms with E-state index >= 15 is 0 Å². The van der Waals surface area contributed by atoms with Gasteiger partial charge in [0.05, 0.1) is 10.6 Å². The molecule has 0 saturated heterocycles. The minimum Gasteiger partial charge on any atom is -0.481 e. The topological polar surface area (TPSA) is 55.4 Å². The van der Waals surface area contributed by atoms with E-state index in [1.807, 2.05) is 0 Å². The summed E-state index contributed by atoms with van der Waals surface area (Å²) < 4.78 is 5.27. The second-order valence-electron chi connectivity index (χ2n) is 4.05. The van der Waals surface area contributed by atoms with Crippen LogP contribution in [0.2, 0.25) is 10.0 Å². The van der Waals surface area contributed by atoms with Crippen LogP contribution in [0.1, 0.15) is 23.2 Å². The van der Waals surface area contributed by atoms with E-state index in [2.05, 4.69) is 5.32 Å². The highest BCUT2D eigenvalue weighted by atomic mass is 35.5. The third-order valence-corrected chi connectivity index (χ3v) is 2.95. The first-order valence-corrected chi connectivity index (χ1v) is 6.22. The van der Waals surface area contributed by atoms with Crippen molar-refractivity contribution < 1.29 is 14.3 Å². The maximum absolute atomic E-state index is 11.5. The van der Waals surface area contributed by atoms with Crippen molar-refractivity contribution in [3.63, 3.8) is 0 Å². The largest absolute Gasteiger partial charge is 0.481 e. The van der Waals surface area contributed by atoms with E-state index in [4.69, 9.17) is 27.9 Å². The molecule has 0 spiro atoms. The maximum atomic E-state index is 11.5. The van der Waals surface area contributed by atoms with E-state index in [1.165, 1.54) is 12.1 Å². The molecule has 4 nitrogen and oxygen atoms in total. The van der Waals surface area contributed by atoms with Crippen molar-refractivity contribution >= 4 is 35.4 Å². The van der Waals surface area contributed by atoms with Gasteiger partial charge in [0.1, 0.15) is 5.75 Å². The van der Waals surface area contributed by atoms with E-state index < -0.39 is 0 Å². The van der Waals surface area contributed by atoms with Crippen LogP contribution >= 0.6 is 23.2 Å². The van der Waals surface area contributed by atoms with E-state index in [0.717, 1.165) is 12.8 Å². The van der Waals surface area contributed by atoms with Crippen molar-refractivity contribution in [3.8, 4) is 5.75 Å². The van der Waals surface area contributed by atoms with Gasteiger partial charge >= 0.3 is 0 Å². The third kappa shape index (κ3) is 3.37. The number of benzene rings is 1. The van der Waals surface area contributed by atoms with Gasteiger partial charge in [0.2, 0.25) is 0 Å². The Balaban J connectivity index is 2.03. The smallest absolute Gasteiger partial charge is 0.258 e. The lowest BCUT2D eigenvalue weighted by Crippen LogP contribution is -2.30. The Morgan fingerprint density at radius 3 is 2.78 bits per heavy atom. The van der Waals surface area contributed by atoms with Crippen LogP contribution in [0.4, 0.5) is 0 Å². The zero-order chi connectivity index (χ0) is 13.1. The second kappa shape index (κ2) is 5.59. The number of carbonyl (C=O) groups is 2. The summed E-state index contributed by atoms with van der Waals surface area (Å²) in [6.07, 6.45) is 2.60. The first-order valence-electron chi connectivity index (χ1n) is 5.46. The molecule has 1 aromatic carbocycles. The third-order valence-electron chi connectivity index (χ3n) is 2.45. The molecule has 0 heterocycles. The van der Waals surface area contributed by atoms with Gasteiger partial charge in [-0.2, -0.15) is 0 Å². The first-order chi connectivity index (χ1) is 8.60. The molecule has 18 heavy (non-hydrogen) atoms. The Morgan fingerprint density at radius 1 is 1.44 bits per heavy atom. The molecule has 6 heteroatoms. The highest BCUT2D eigenvalue weighted by Gasteiger charge is 2.23. The molecule has 0 aliphatic heterocycles. The normalized spacial score (nSPS) is 14.1. The number of halogens is 2. The van der Waals surface area contributed by atoms with Crippen molar-refractivity contribution in [2.24, 2.45) is 0 Å². The molecule has 0 aromatic heterocycles. The van der Waals surface area contributed by atoms with Gasteiger partial charge in [-0.3, -0.25) is 9.59 Å². The Labute approximate surface area is 114 Å². The summed E-state index contributed by atoms with van der Waals surface area (Å²) in [4.78, 5) is 22.3. The van der Waals surface area contributed by atoms with Crippen molar-refractivity contribution in [2.75, 3.05) is 6.61 Å². The number of hydrogen-bond acceptors (Lipinski definition) is 3. The molecule has 1 amide bonds. The summed E-state index contributed by atoms with van der Waals surface area (Å²) >= 11 is 11.7. The minimum absolute atomic E-state index is 0.168. The van der Waals surface area contributed by atoms with E-state index in [1.54, 1.807) is 0 Å². The highest BCUT2D eigenvalue weighted by molar-refractivity contribution is 6.36. The molecule has 0 bridgehead atoms. The Morgan fingerprint density at radius 2 is 2.17 bits per heavy atom. The van der Waals surface area contributed by atoms with Gasteiger partial charge in [-0.05, 0) is 25.0 Å². The van der Waals surface area contributed by atoms with Gasteiger partial charge in [0.25, 0.3) is 5.91 Å². The van der Waals surface area contributed by atoms with E-state index in [0.29, 0.717) is 11.3 Å². The molecular weight excluding hydrogens is 277 g/mol. The first kappa shape index (κ1) is 13.2. The molecule has 0 radical (unpaired) electrons. The van der Waals surface area contributed by atoms with Gasteiger partial charge in [-0.1, -0.05) is 23.2 Å². The number of nitrogens with one attached hydrogen (secondary N) is 1. The average molecular weight is 288 g/mol. The van der Waals surface area contributed by atoms with Gasteiger partial charge < -0.3 is 10.1 Å². The van der Waals surface area contributed by atoms with Crippen LogP contribution in [0.15, 0.2) is 12.1 Å². The SMILES string of the molecule is O=Cc1cc(Cl)cc(Cl)c1OCC(=O)NC1CC1. The molecule has 2 rings (SSSR count). The molecular formula is C12H11Cl2NO3. The summed E-state index contributed by atoms with van der Waals surface area (Å²) in [5.41, 5.74) is 0.228. The number of aldehydes is 1. The quantitative estimate of drug-likeness (QED) is 0.847. The minimum atomic E-state index is -0.222. The van der Waals surface area contributed by atoms with Gasteiger partial charge in [-0.25, -0.2) is 0 Å². The van der Waals surface area contributed by atoms with Crippen LogP contribution in [0.25, 0.3) is 0 Å². The molecule has 1 N–H and O–H groups in total. The molecule has 0 unspecified atom stereocenters. The van der Waals surface area contributed by atoms with Crippen molar-refractivity contribution in [1.82, 2.24) is 5.32 Å². The number of hydrogen-bond donors (Lipinski definition) is 1. The fourth-order valence-corrected chi connectivity index (χ4v) is 2.02. The number of amides is 1. The molecule has 1 aliphatic rings. The van der Waals surface area contributed by atoms with E-state index in [-0.39, 0.29) is 34.9 Å². The van der Waals surface area contributed by atoms with Gasteiger partial charge in [-0.15, -0.1) is 0 Å². The monoisotopic (exact) mass is 287 g/mol. The number of carbonyl (C=O) groups excluding carboxylic acids is 2. The Kier molecular flexibility index (Phi) is 4.09. The highest BCUT2D eigenvalue weighted by Crippen LogP contribution is 2.31. The van der Waals surface area contributed by atoms with Crippen LogP contribution in [-0.2, 0) is 4.79 Å². The fourth-order valence-electron chi connectivity index (χ4n) is 1.45. The Bertz CT molecular complexity index is 486. The lowest BCUT2D eigenvalue weighted by atomic mass is 10.2. The summed E-state index contributed by atoms with van der Waals surface area (Å²) in [6, 6.07) is 3.17. The molecule has 1 saturated carbocycles. The molecule has 1 aliphatic carbocycles. The molecule has 96 valence electrons. The van der Waals surface area contributed by atoms with Crippen LogP contribution < -0.4 is 10.1 Å². The number of rotatable bonds is 5. The van der Waals surface area contributed by atoms with E-state index in [9.17, 15) is 9.59 Å². The molecule has 1 fully saturated rings. The lowest BCUT2D eigenvalue weighted by molar-refractivity contribution is -0.123. The molecule has 0 atom stereocenters. The lowest BCUT2D eigenvalue weighted by Gasteiger charge is -2.10. The van der Waals surface area contributed by atoms with Gasteiger partial charge in [0, 0.05) is 11.1 Å². The van der Waals surface area contributed by atoms with Crippen LogP contribution in [0, 0.1) is 0 Å². The molecule has 1 aromatic rings. The average Bonchev–Trinajstić information content (AvgIpc) is 3.10. The van der Waals surface area contributed by atoms with Gasteiger partial charge in [0.15, 0.2) is 12.9 Å². The predicted octanol–water partition coefficient (Wildman–Crippen LogP) is 2.46. The second-order valence-corrected chi connectivity index (χ2v) is 4.90. The van der Waals surface area contributed by atoms with Crippen molar-refractivity contribution in [3.05, 3.63) is 27.7 Å². The summed E-state index contributed by atoms with van der Waals surface area (Å²) in [6.45, 7) is -0.168. The number of ether oxygens (including phenoxy) is 1. The summed E-state index contributed by atoms with van der Waals surface area (Å²) in [5, 5.41) is 3.33. The van der Waals surface area contributed by atoms with Crippen LogP contribution in [0.5, 0.6) is 5.75 Å². The standard InChI is InChI=1S/C12H11Cl2NO3/c13-8-3-7(5-16)12(10(14)4-8)18-6-11(17)15-9-1-2-9/h3-5,9H,1-2,6H2,(H,15,17). The fraction of sp³-hybridized carbons (Fsp3) is 0.333. The zero-order valence-corrected chi connectivity index (χ0v) is 10.9.